The highest BCUT2D eigenvalue weighted by molar-refractivity contribution is 8.13. The molecule has 1 fully saturated rings. The fraction of sp³-hybridized carbons (Fsp3) is 0.818. The van der Waals surface area contributed by atoms with Crippen LogP contribution in [0.2, 0.25) is 0 Å². The molecule has 8 heteroatoms. The molecule has 19 heavy (non-hydrogen) atoms. The lowest BCUT2D eigenvalue weighted by Crippen LogP contribution is -2.28. The maximum Gasteiger partial charge on any atom is 0.296 e. The molecule has 6 nitrogen and oxygen atoms in total. The van der Waals surface area contributed by atoms with Gasteiger partial charge in [-0.3, -0.25) is 4.57 Å². The topological polar surface area (TPSA) is 74.1 Å². The molecule has 0 N–H and O–H groups in total. The standard InChI is InChI=1S/C11H18ClN3O3S/c1-7-5-8(6-18-7)9-13-14-10(19(12,16)17)15(9)11(2,3)4/h7-8H,5-6H2,1-4H3. The highest BCUT2D eigenvalue weighted by atomic mass is 35.7. The predicted octanol–water partition coefficient (Wildman–Crippen LogP) is 1.85. The molecule has 2 heterocycles. The second kappa shape index (κ2) is 4.71. The first-order valence-corrected chi connectivity index (χ1v) is 8.43. The van der Waals surface area contributed by atoms with E-state index in [1.165, 1.54) is 0 Å². The fourth-order valence-electron chi connectivity index (χ4n) is 2.33. The van der Waals surface area contributed by atoms with Gasteiger partial charge < -0.3 is 4.74 Å². The summed E-state index contributed by atoms with van der Waals surface area (Å²) in [4.78, 5) is 0. The van der Waals surface area contributed by atoms with E-state index in [1.807, 2.05) is 27.7 Å². The van der Waals surface area contributed by atoms with Crippen LogP contribution in [0.5, 0.6) is 0 Å². The van der Waals surface area contributed by atoms with E-state index in [9.17, 15) is 8.42 Å². The molecule has 0 amide bonds. The van der Waals surface area contributed by atoms with Gasteiger partial charge in [0, 0.05) is 22.1 Å². The molecule has 2 atom stereocenters. The molecule has 1 aromatic rings. The number of nitrogens with zero attached hydrogens (tertiary/aromatic N) is 3. The highest BCUT2D eigenvalue weighted by Crippen LogP contribution is 2.33. The first-order chi connectivity index (χ1) is 8.60. The first-order valence-electron chi connectivity index (χ1n) is 6.12. The molecule has 1 aromatic heterocycles. The van der Waals surface area contributed by atoms with E-state index in [4.69, 9.17) is 15.4 Å². The number of hydrogen-bond donors (Lipinski definition) is 0. The summed E-state index contributed by atoms with van der Waals surface area (Å²) in [6, 6.07) is 0. The van der Waals surface area contributed by atoms with Gasteiger partial charge in [0.1, 0.15) is 5.82 Å². The maximum absolute atomic E-state index is 11.6. The van der Waals surface area contributed by atoms with Crippen LogP contribution in [-0.4, -0.2) is 35.9 Å². The summed E-state index contributed by atoms with van der Waals surface area (Å²) >= 11 is 0. The zero-order chi connectivity index (χ0) is 14.4. The molecule has 0 bridgehead atoms. The van der Waals surface area contributed by atoms with E-state index in [0.717, 1.165) is 6.42 Å². The van der Waals surface area contributed by atoms with Crippen molar-refractivity contribution in [3.05, 3.63) is 5.82 Å². The van der Waals surface area contributed by atoms with Crippen molar-refractivity contribution in [1.29, 1.82) is 0 Å². The van der Waals surface area contributed by atoms with Gasteiger partial charge in [-0.05, 0) is 34.1 Å². The van der Waals surface area contributed by atoms with Gasteiger partial charge in [0.25, 0.3) is 14.2 Å². The summed E-state index contributed by atoms with van der Waals surface area (Å²) in [5.74, 6) is 0.671. The Hall–Kier alpha value is -0.660. The van der Waals surface area contributed by atoms with E-state index in [0.29, 0.717) is 12.4 Å². The van der Waals surface area contributed by atoms with E-state index >= 15 is 0 Å². The quantitative estimate of drug-likeness (QED) is 0.780. The zero-order valence-corrected chi connectivity index (χ0v) is 13.0. The number of halogens is 1. The molecule has 1 aliphatic rings. The SMILES string of the molecule is CC1CC(c2nnc(S(=O)(=O)Cl)n2C(C)(C)C)CO1. The molecular formula is C11H18ClN3O3S. The van der Waals surface area contributed by atoms with Crippen LogP contribution in [0.4, 0.5) is 0 Å². The number of rotatable bonds is 2. The van der Waals surface area contributed by atoms with Crippen LogP contribution < -0.4 is 0 Å². The molecule has 0 radical (unpaired) electrons. The van der Waals surface area contributed by atoms with Crippen molar-refractivity contribution in [2.45, 2.75) is 56.8 Å². The van der Waals surface area contributed by atoms with E-state index in [2.05, 4.69) is 10.2 Å². The van der Waals surface area contributed by atoms with Crippen molar-refractivity contribution in [3.8, 4) is 0 Å². The summed E-state index contributed by atoms with van der Waals surface area (Å²) in [7, 11) is 1.52. The first kappa shape index (κ1) is 14.7. The summed E-state index contributed by atoms with van der Waals surface area (Å²) in [5, 5.41) is 7.60. The zero-order valence-electron chi connectivity index (χ0n) is 11.4. The van der Waals surface area contributed by atoms with Gasteiger partial charge in [0.2, 0.25) is 0 Å². The van der Waals surface area contributed by atoms with Crippen LogP contribution in [0.25, 0.3) is 0 Å². The third-order valence-electron chi connectivity index (χ3n) is 3.11. The third-order valence-corrected chi connectivity index (χ3v) is 4.23. The molecule has 1 saturated heterocycles. The minimum absolute atomic E-state index is 0.0499. The van der Waals surface area contributed by atoms with E-state index in [1.54, 1.807) is 4.57 Å². The summed E-state index contributed by atoms with van der Waals surface area (Å²) in [6.07, 6.45) is 0.947. The van der Waals surface area contributed by atoms with Crippen LogP contribution in [0, 0.1) is 0 Å². The van der Waals surface area contributed by atoms with Gasteiger partial charge in [0.05, 0.1) is 12.7 Å². The third kappa shape index (κ3) is 2.93. The number of aromatic nitrogens is 3. The lowest BCUT2D eigenvalue weighted by Gasteiger charge is -2.25. The number of hydrogen-bond acceptors (Lipinski definition) is 5. The van der Waals surface area contributed by atoms with Crippen molar-refractivity contribution in [3.63, 3.8) is 0 Å². The summed E-state index contributed by atoms with van der Waals surface area (Å²) < 4.78 is 30.3. The monoisotopic (exact) mass is 307 g/mol. The Morgan fingerprint density at radius 2 is 2.00 bits per heavy atom. The van der Waals surface area contributed by atoms with Crippen LogP contribution in [0.15, 0.2) is 5.16 Å². The average molecular weight is 308 g/mol. The van der Waals surface area contributed by atoms with Crippen LogP contribution in [-0.2, 0) is 19.3 Å². The molecule has 0 aliphatic carbocycles. The van der Waals surface area contributed by atoms with Gasteiger partial charge in [-0.15, -0.1) is 10.2 Å². The molecule has 0 aromatic carbocycles. The van der Waals surface area contributed by atoms with E-state index < -0.39 is 14.6 Å². The molecule has 1 aliphatic heterocycles. The van der Waals surface area contributed by atoms with Gasteiger partial charge in [-0.2, -0.15) is 0 Å². The minimum atomic E-state index is -3.92. The lowest BCUT2D eigenvalue weighted by atomic mass is 10.0. The largest absolute Gasteiger partial charge is 0.378 e. The maximum atomic E-state index is 11.6. The Bertz CT molecular complexity index is 576. The average Bonchev–Trinajstić information content (AvgIpc) is 2.79. The minimum Gasteiger partial charge on any atom is -0.378 e. The molecule has 2 rings (SSSR count). The highest BCUT2D eigenvalue weighted by Gasteiger charge is 2.35. The molecule has 2 unspecified atom stereocenters. The molecule has 0 saturated carbocycles. The normalized spacial score (nSPS) is 24.9. The Morgan fingerprint density at radius 3 is 2.42 bits per heavy atom. The van der Waals surface area contributed by atoms with Crippen molar-refractivity contribution < 1.29 is 13.2 Å². The number of ether oxygens (including phenoxy) is 1. The van der Waals surface area contributed by atoms with E-state index in [-0.39, 0.29) is 17.2 Å². The second-order valence-electron chi connectivity index (χ2n) is 5.86. The second-order valence-corrected chi connectivity index (χ2v) is 8.32. The smallest absolute Gasteiger partial charge is 0.296 e. The Kier molecular flexibility index (Phi) is 3.66. The summed E-state index contributed by atoms with van der Waals surface area (Å²) in [5.41, 5.74) is -0.470. The summed E-state index contributed by atoms with van der Waals surface area (Å²) in [6.45, 7) is 8.19. The Balaban J connectivity index is 2.54. The predicted molar refractivity (Wildman–Crippen MR) is 70.8 cm³/mol. The Morgan fingerprint density at radius 1 is 1.37 bits per heavy atom. The van der Waals surface area contributed by atoms with Gasteiger partial charge >= 0.3 is 0 Å². The van der Waals surface area contributed by atoms with Crippen molar-refractivity contribution >= 4 is 19.7 Å². The lowest BCUT2D eigenvalue weighted by molar-refractivity contribution is 0.123. The molecule has 0 spiro atoms. The molecule has 108 valence electrons. The van der Waals surface area contributed by atoms with Crippen molar-refractivity contribution in [2.75, 3.05) is 6.61 Å². The Labute approximate surface area is 117 Å². The van der Waals surface area contributed by atoms with Crippen LogP contribution >= 0.6 is 10.7 Å². The molecular weight excluding hydrogens is 290 g/mol. The van der Waals surface area contributed by atoms with Crippen LogP contribution in [0.1, 0.15) is 45.9 Å². The van der Waals surface area contributed by atoms with Gasteiger partial charge in [0.15, 0.2) is 0 Å². The van der Waals surface area contributed by atoms with Gasteiger partial charge in [-0.25, -0.2) is 8.42 Å². The fourth-order valence-corrected chi connectivity index (χ4v) is 3.35. The van der Waals surface area contributed by atoms with Crippen LogP contribution in [0.3, 0.4) is 0 Å². The van der Waals surface area contributed by atoms with Gasteiger partial charge in [-0.1, -0.05) is 0 Å². The van der Waals surface area contributed by atoms with Crippen molar-refractivity contribution in [2.24, 2.45) is 0 Å². The van der Waals surface area contributed by atoms with Crippen molar-refractivity contribution in [1.82, 2.24) is 14.8 Å².